The molecule has 0 fully saturated rings. The lowest BCUT2D eigenvalue weighted by Crippen LogP contribution is -2.29. The average molecular weight is 550 g/mol. The van der Waals surface area contributed by atoms with Crippen molar-refractivity contribution in [1.82, 2.24) is 0 Å². The van der Waals surface area contributed by atoms with Gasteiger partial charge in [-0.25, -0.2) is 9.18 Å². The Kier molecular flexibility index (Phi) is 6.81. The number of ether oxygens (including phenoxy) is 2. The summed E-state index contributed by atoms with van der Waals surface area (Å²) in [6.07, 6.45) is 0. The van der Waals surface area contributed by atoms with Gasteiger partial charge in [-0.1, -0.05) is 42.5 Å². The first-order valence-corrected chi connectivity index (χ1v) is 13.1. The smallest absolute Gasteiger partial charge is 0.338 e. The highest BCUT2D eigenvalue weighted by Crippen LogP contribution is 2.41. The van der Waals surface area contributed by atoms with Gasteiger partial charge in [-0.3, -0.25) is 14.5 Å². The first-order valence-electron chi connectivity index (χ1n) is 13.1. The summed E-state index contributed by atoms with van der Waals surface area (Å²) in [5.41, 5.74) is 2.15. The Morgan fingerprint density at radius 1 is 0.927 bits per heavy atom. The summed E-state index contributed by atoms with van der Waals surface area (Å²) in [5, 5.41) is 0.0453. The number of hydrogen-bond acceptors (Lipinski definition) is 6. The van der Waals surface area contributed by atoms with Crippen molar-refractivity contribution < 1.29 is 27.9 Å². The van der Waals surface area contributed by atoms with Gasteiger partial charge in [-0.15, -0.1) is 0 Å². The molecule has 0 radical (unpaired) electrons. The molecule has 204 valence electrons. The maximum Gasteiger partial charge on any atom is 0.338 e. The fourth-order valence-corrected chi connectivity index (χ4v) is 4.99. The van der Waals surface area contributed by atoms with Crippen LogP contribution in [0.15, 0.2) is 106 Å². The van der Waals surface area contributed by atoms with E-state index in [1.54, 1.807) is 55.5 Å². The van der Waals surface area contributed by atoms with Crippen LogP contribution in [0, 0.1) is 5.82 Å². The lowest BCUT2D eigenvalue weighted by molar-refractivity contribution is 0.0526. The Labute approximate surface area is 234 Å². The van der Waals surface area contributed by atoms with Gasteiger partial charge in [0, 0.05) is 5.69 Å². The van der Waals surface area contributed by atoms with Crippen LogP contribution in [0.3, 0.4) is 0 Å². The number of benzene rings is 4. The van der Waals surface area contributed by atoms with Gasteiger partial charge in [0.25, 0.3) is 5.91 Å². The SMILES string of the molecule is CCOC(=O)c1ccc(N2C(=O)c3oc4ccc(F)cc4c(=O)c3C2c2ccc(OCc3ccccc3)cc2)cc1. The molecule has 7 nitrogen and oxygen atoms in total. The van der Waals surface area contributed by atoms with Gasteiger partial charge in [0.1, 0.15) is 23.8 Å². The van der Waals surface area contributed by atoms with E-state index in [0.29, 0.717) is 29.2 Å². The van der Waals surface area contributed by atoms with Gasteiger partial charge < -0.3 is 13.9 Å². The second-order valence-electron chi connectivity index (χ2n) is 9.50. The Hall–Kier alpha value is -5.24. The number of rotatable bonds is 7. The third-order valence-corrected chi connectivity index (χ3v) is 6.93. The lowest BCUT2D eigenvalue weighted by Gasteiger charge is -2.25. The molecule has 1 aromatic heterocycles. The van der Waals surface area contributed by atoms with Gasteiger partial charge in [0.05, 0.1) is 29.2 Å². The molecular weight excluding hydrogens is 525 g/mol. The van der Waals surface area contributed by atoms with Gasteiger partial charge in [0.2, 0.25) is 5.76 Å². The van der Waals surface area contributed by atoms with E-state index in [-0.39, 0.29) is 28.9 Å². The Bertz CT molecular complexity index is 1810. The van der Waals surface area contributed by atoms with Gasteiger partial charge >= 0.3 is 5.97 Å². The lowest BCUT2D eigenvalue weighted by atomic mass is 9.98. The second-order valence-corrected chi connectivity index (χ2v) is 9.50. The molecule has 0 spiro atoms. The van der Waals surface area contributed by atoms with Crippen molar-refractivity contribution in [1.29, 1.82) is 0 Å². The zero-order valence-electron chi connectivity index (χ0n) is 22.0. The Balaban J connectivity index is 1.42. The van der Waals surface area contributed by atoms with Crippen molar-refractivity contribution in [2.24, 2.45) is 0 Å². The topological polar surface area (TPSA) is 86.0 Å². The van der Waals surface area contributed by atoms with Gasteiger partial charge in [0.15, 0.2) is 5.43 Å². The molecule has 1 aliphatic rings. The fraction of sp³-hybridized carbons (Fsp3) is 0.121. The van der Waals surface area contributed by atoms with E-state index in [0.717, 1.165) is 11.6 Å². The molecule has 6 rings (SSSR count). The van der Waals surface area contributed by atoms with Crippen LogP contribution in [0.2, 0.25) is 0 Å². The molecule has 0 bridgehead atoms. The number of fused-ring (bicyclic) bond motifs is 2. The minimum Gasteiger partial charge on any atom is -0.489 e. The zero-order chi connectivity index (χ0) is 28.5. The van der Waals surface area contributed by atoms with Crippen molar-refractivity contribution >= 4 is 28.5 Å². The van der Waals surface area contributed by atoms with Gasteiger partial charge in [-0.05, 0) is 72.6 Å². The van der Waals surface area contributed by atoms with Crippen molar-refractivity contribution in [3.05, 3.63) is 141 Å². The highest BCUT2D eigenvalue weighted by atomic mass is 19.1. The molecule has 8 heteroatoms. The van der Waals surface area contributed by atoms with Crippen LogP contribution in [-0.4, -0.2) is 18.5 Å². The summed E-state index contributed by atoms with van der Waals surface area (Å²) < 4.78 is 31.0. The van der Waals surface area contributed by atoms with Crippen LogP contribution in [0.1, 0.15) is 50.6 Å². The Morgan fingerprint density at radius 2 is 1.66 bits per heavy atom. The van der Waals surface area contributed by atoms with Crippen molar-refractivity contribution in [2.75, 3.05) is 11.5 Å². The van der Waals surface area contributed by atoms with Crippen LogP contribution in [0.4, 0.5) is 10.1 Å². The largest absolute Gasteiger partial charge is 0.489 e. The van der Waals surface area contributed by atoms with Crippen LogP contribution >= 0.6 is 0 Å². The monoisotopic (exact) mass is 549 g/mol. The molecule has 4 aromatic carbocycles. The quantitative estimate of drug-likeness (QED) is 0.217. The summed E-state index contributed by atoms with van der Waals surface area (Å²) in [6.45, 7) is 2.33. The number of nitrogens with zero attached hydrogens (tertiary/aromatic N) is 1. The van der Waals surface area contributed by atoms with Crippen molar-refractivity contribution in [2.45, 2.75) is 19.6 Å². The van der Waals surface area contributed by atoms with E-state index in [1.807, 2.05) is 30.3 Å². The standard InChI is InChI=1S/C33H24FNO6/c1-2-39-33(38)22-8-13-24(14-9-22)35-29(21-10-15-25(16-11-21)40-19-20-6-4-3-5-7-20)28-30(36)26-18-23(34)12-17-27(26)41-31(28)32(35)37/h3-18,29H,2,19H2,1H3. The fourth-order valence-electron chi connectivity index (χ4n) is 4.99. The molecule has 2 heterocycles. The predicted octanol–water partition coefficient (Wildman–Crippen LogP) is 6.44. The van der Waals surface area contributed by atoms with E-state index in [9.17, 15) is 18.8 Å². The van der Waals surface area contributed by atoms with E-state index < -0.39 is 29.2 Å². The molecule has 0 N–H and O–H groups in total. The molecule has 1 unspecified atom stereocenters. The molecule has 0 saturated carbocycles. The van der Waals surface area contributed by atoms with E-state index in [1.165, 1.54) is 17.0 Å². The summed E-state index contributed by atoms with van der Waals surface area (Å²) in [7, 11) is 0. The third-order valence-electron chi connectivity index (χ3n) is 6.93. The third kappa shape index (κ3) is 4.84. The minimum atomic E-state index is -0.863. The van der Waals surface area contributed by atoms with Crippen LogP contribution in [0.5, 0.6) is 5.75 Å². The van der Waals surface area contributed by atoms with E-state index >= 15 is 0 Å². The first-order chi connectivity index (χ1) is 19.9. The summed E-state index contributed by atoms with van der Waals surface area (Å²) >= 11 is 0. The molecule has 0 aliphatic carbocycles. The molecule has 1 aliphatic heterocycles. The number of halogens is 1. The summed E-state index contributed by atoms with van der Waals surface area (Å²) in [5.74, 6) is -1.10. The number of carbonyl (C=O) groups is 2. The molecule has 41 heavy (non-hydrogen) atoms. The number of carbonyl (C=O) groups excluding carboxylic acids is 2. The maximum atomic E-state index is 14.1. The van der Waals surface area contributed by atoms with Crippen molar-refractivity contribution in [3.63, 3.8) is 0 Å². The van der Waals surface area contributed by atoms with Crippen molar-refractivity contribution in [3.8, 4) is 5.75 Å². The molecular formula is C33H24FNO6. The highest BCUT2D eigenvalue weighted by molar-refractivity contribution is 6.10. The number of amides is 1. The molecule has 1 atom stereocenters. The highest BCUT2D eigenvalue weighted by Gasteiger charge is 2.43. The number of anilines is 1. The van der Waals surface area contributed by atoms with Crippen LogP contribution < -0.4 is 15.1 Å². The first kappa shape index (κ1) is 26.0. The number of hydrogen-bond donors (Lipinski definition) is 0. The number of esters is 1. The predicted molar refractivity (Wildman–Crippen MR) is 151 cm³/mol. The molecule has 1 amide bonds. The normalized spacial score (nSPS) is 14.2. The van der Waals surface area contributed by atoms with E-state index in [2.05, 4.69) is 0 Å². The summed E-state index contributed by atoms with van der Waals surface area (Å²) in [4.78, 5) is 41.2. The van der Waals surface area contributed by atoms with E-state index in [4.69, 9.17) is 13.9 Å². The average Bonchev–Trinajstić information content (AvgIpc) is 3.29. The second kappa shape index (κ2) is 10.7. The maximum absolute atomic E-state index is 14.1. The molecule has 0 saturated heterocycles. The van der Waals surface area contributed by atoms with Crippen LogP contribution in [-0.2, 0) is 11.3 Å². The van der Waals surface area contributed by atoms with Gasteiger partial charge in [-0.2, -0.15) is 0 Å². The van der Waals surface area contributed by atoms with Crippen LogP contribution in [0.25, 0.3) is 11.0 Å². The summed E-state index contributed by atoms with van der Waals surface area (Å²) in [6, 6.07) is 25.9. The minimum absolute atomic E-state index is 0.0453. The zero-order valence-corrected chi connectivity index (χ0v) is 22.0. The Morgan fingerprint density at radius 3 is 2.37 bits per heavy atom. The molecule has 5 aromatic rings.